The Labute approximate surface area is 101 Å². The molecule has 0 aliphatic heterocycles. The maximum absolute atomic E-state index is 5.85. The van der Waals surface area contributed by atoms with E-state index < -0.39 is 8.80 Å². The third kappa shape index (κ3) is 4.51. The highest BCUT2D eigenvalue weighted by Gasteiger charge is 2.47. The molecule has 4 nitrogen and oxygen atoms in total. The van der Waals surface area contributed by atoms with Crippen molar-refractivity contribution < 1.29 is 13.3 Å². The molecule has 1 atom stereocenters. The van der Waals surface area contributed by atoms with Crippen molar-refractivity contribution in [3.05, 3.63) is 0 Å². The number of hydrogen-bond acceptors (Lipinski definition) is 4. The Bertz CT molecular complexity index is 152. The van der Waals surface area contributed by atoms with Crippen molar-refractivity contribution in [2.75, 3.05) is 26.4 Å². The summed E-state index contributed by atoms with van der Waals surface area (Å²) in [6, 6.07) is 0. The lowest BCUT2D eigenvalue weighted by Gasteiger charge is -2.34. The molecule has 0 fully saturated rings. The Balaban J connectivity index is 4.78. The Morgan fingerprint density at radius 1 is 0.938 bits per heavy atom. The van der Waals surface area contributed by atoms with Crippen LogP contribution < -0.4 is 5.73 Å². The van der Waals surface area contributed by atoms with Gasteiger partial charge in [0, 0.05) is 25.4 Å². The van der Waals surface area contributed by atoms with Gasteiger partial charge in [-0.3, -0.25) is 0 Å². The third-order valence-corrected chi connectivity index (χ3v) is 6.31. The van der Waals surface area contributed by atoms with Gasteiger partial charge in [-0.05, 0) is 40.2 Å². The van der Waals surface area contributed by atoms with Crippen LogP contribution in [0.15, 0.2) is 0 Å². The van der Waals surface area contributed by atoms with E-state index in [0.717, 1.165) is 12.8 Å². The molecule has 0 rings (SSSR count). The van der Waals surface area contributed by atoms with Gasteiger partial charge in [0.25, 0.3) is 0 Å². The molecule has 16 heavy (non-hydrogen) atoms. The van der Waals surface area contributed by atoms with Gasteiger partial charge in [0.2, 0.25) is 0 Å². The fourth-order valence-corrected chi connectivity index (χ4v) is 5.10. The van der Waals surface area contributed by atoms with Crippen molar-refractivity contribution in [2.45, 2.75) is 46.1 Å². The topological polar surface area (TPSA) is 53.7 Å². The highest BCUT2D eigenvalue weighted by Crippen LogP contribution is 2.31. The van der Waals surface area contributed by atoms with Gasteiger partial charge < -0.3 is 19.0 Å². The molecule has 2 N–H and O–H groups in total. The quantitative estimate of drug-likeness (QED) is 0.603. The first-order chi connectivity index (χ1) is 7.70. The van der Waals surface area contributed by atoms with Gasteiger partial charge in [0.15, 0.2) is 0 Å². The predicted octanol–water partition coefficient (Wildman–Crippen LogP) is 2.16. The minimum Gasteiger partial charge on any atom is -0.374 e. The lowest BCUT2D eigenvalue weighted by atomic mass is 10.2. The lowest BCUT2D eigenvalue weighted by molar-refractivity contribution is 0.0594. The molecule has 0 radical (unpaired) electrons. The predicted molar refractivity (Wildman–Crippen MR) is 68.3 cm³/mol. The Morgan fingerprint density at radius 3 is 1.62 bits per heavy atom. The highest BCUT2D eigenvalue weighted by atomic mass is 28.4. The van der Waals surface area contributed by atoms with Crippen molar-refractivity contribution in [1.29, 1.82) is 0 Å². The summed E-state index contributed by atoms with van der Waals surface area (Å²) in [5.74, 6) is 0. The van der Waals surface area contributed by atoms with Crippen LogP contribution in [0.25, 0.3) is 0 Å². The normalized spacial score (nSPS) is 14.1. The second-order valence-corrected chi connectivity index (χ2v) is 6.47. The van der Waals surface area contributed by atoms with Crippen molar-refractivity contribution in [3.63, 3.8) is 0 Å². The first-order valence-corrected chi connectivity index (χ1v) is 8.12. The molecule has 0 heterocycles. The molecule has 98 valence electrons. The SMILES string of the molecule is CCO[Si](OCC)(OCC)C(CC)CCN. The van der Waals surface area contributed by atoms with E-state index in [1.165, 1.54) is 0 Å². The minimum absolute atomic E-state index is 0.317. The molecule has 5 heteroatoms. The van der Waals surface area contributed by atoms with Gasteiger partial charge in [0.05, 0.1) is 0 Å². The zero-order valence-corrected chi connectivity index (χ0v) is 12.1. The molecule has 0 aromatic rings. The van der Waals surface area contributed by atoms with Gasteiger partial charge in [-0.1, -0.05) is 6.92 Å². The molecular formula is C11H27NO3Si. The second kappa shape index (κ2) is 9.12. The summed E-state index contributed by atoms with van der Waals surface area (Å²) in [5, 5.41) is 0. The molecule has 0 aliphatic carbocycles. The van der Waals surface area contributed by atoms with E-state index in [1.54, 1.807) is 0 Å². The molecule has 0 aromatic carbocycles. The first kappa shape index (κ1) is 16.1. The Hall–Kier alpha value is 0.0569. The van der Waals surface area contributed by atoms with Gasteiger partial charge in [-0.25, -0.2) is 0 Å². The van der Waals surface area contributed by atoms with E-state index in [0.29, 0.717) is 31.9 Å². The summed E-state index contributed by atoms with van der Waals surface area (Å²) in [7, 11) is -2.53. The molecule has 0 aliphatic rings. The summed E-state index contributed by atoms with van der Waals surface area (Å²) in [6.45, 7) is 10.6. The van der Waals surface area contributed by atoms with Gasteiger partial charge >= 0.3 is 8.80 Å². The fourth-order valence-electron chi connectivity index (χ4n) is 1.91. The Kier molecular flexibility index (Phi) is 9.16. The highest BCUT2D eigenvalue weighted by molar-refractivity contribution is 6.62. The summed E-state index contributed by atoms with van der Waals surface area (Å²) in [4.78, 5) is 0. The molecule has 1 unspecified atom stereocenters. The summed E-state index contributed by atoms with van der Waals surface area (Å²) in [5.41, 5.74) is 5.96. The zero-order chi connectivity index (χ0) is 12.4. The van der Waals surface area contributed by atoms with Crippen molar-refractivity contribution >= 4 is 8.80 Å². The molecule has 0 spiro atoms. The number of rotatable bonds is 10. The first-order valence-electron chi connectivity index (χ1n) is 6.32. The summed E-state index contributed by atoms with van der Waals surface area (Å²) < 4.78 is 17.6. The maximum atomic E-state index is 5.85. The second-order valence-electron chi connectivity index (χ2n) is 3.59. The number of hydrogen-bond donors (Lipinski definition) is 1. The van der Waals surface area contributed by atoms with Gasteiger partial charge in [-0.2, -0.15) is 0 Å². The molecule has 0 saturated carbocycles. The van der Waals surface area contributed by atoms with E-state index in [-0.39, 0.29) is 0 Å². The third-order valence-electron chi connectivity index (χ3n) is 2.54. The van der Waals surface area contributed by atoms with Crippen molar-refractivity contribution in [1.82, 2.24) is 0 Å². The molecular weight excluding hydrogens is 222 g/mol. The average Bonchev–Trinajstić information content (AvgIpc) is 2.26. The van der Waals surface area contributed by atoms with Crippen molar-refractivity contribution in [3.8, 4) is 0 Å². The van der Waals surface area contributed by atoms with Gasteiger partial charge in [-0.15, -0.1) is 0 Å². The average molecular weight is 249 g/mol. The Morgan fingerprint density at radius 2 is 1.38 bits per heavy atom. The van der Waals surface area contributed by atoms with Crippen molar-refractivity contribution in [2.24, 2.45) is 5.73 Å². The van der Waals surface area contributed by atoms with E-state index in [9.17, 15) is 0 Å². The lowest BCUT2D eigenvalue weighted by Crippen LogP contribution is -2.50. The van der Waals surface area contributed by atoms with Crippen LogP contribution in [0.3, 0.4) is 0 Å². The standard InChI is InChI=1S/C11H27NO3Si/c1-5-11(9-10-12)16(13-6-2,14-7-3)15-8-4/h11H,5-10,12H2,1-4H3. The van der Waals surface area contributed by atoms with Crippen LogP contribution in [0.4, 0.5) is 0 Å². The molecule has 0 amide bonds. The summed E-state index contributed by atoms with van der Waals surface area (Å²) in [6.07, 6.45) is 1.89. The van der Waals surface area contributed by atoms with Crippen LogP contribution in [-0.4, -0.2) is 35.2 Å². The fraction of sp³-hybridized carbons (Fsp3) is 1.00. The summed E-state index contributed by atoms with van der Waals surface area (Å²) >= 11 is 0. The van der Waals surface area contributed by atoms with E-state index >= 15 is 0 Å². The smallest absolute Gasteiger partial charge is 0.374 e. The van der Waals surface area contributed by atoms with E-state index in [2.05, 4.69) is 6.92 Å². The van der Waals surface area contributed by atoms with E-state index in [4.69, 9.17) is 19.0 Å². The zero-order valence-electron chi connectivity index (χ0n) is 11.1. The van der Waals surface area contributed by atoms with Crippen LogP contribution in [0.2, 0.25) is 5.54 Å². The minimum atomic E-state index is -2.53. The number of nitrogens with two attached hydrogens (primary N) is 1. The van der Waals surface area contributed by atoms with Crippen LogP contribution in [0, 0.1) is 0 Å². The molecule has 0 saturated heterocycles. The molecule has 0 bridgehead atoms. The van der Waals surface area contributed by atoms with Gasteiger partial charge in [0.1, 0.15) is 0 Å². The maximum Gasteiger partial charge on any atom is 0.504 e. The monoisotopic (exact) mass is 249 g/mol. The largest absolute Gasteiger partial charge is 0.504 e. The van der Waals surface area contributed by atoms with Crippen LogP contribution in [0.1, 0.15) is 40.5 Å². The molecule has 0 aromatic heterocycles. The van der Waals surface area contributed by atoms with Crippen LogP contribution in [-0.2, 0) is 13.3 Å². The van der Waals surface area contributed by atoms with Crippen LogP contribution >= 0.6 is 0 Å². The van der Waals surface area contributed by atoms with Crippen LogP contribution in [0.5, 0.6) is 0 Å². The van der Waals surface area contributed by atoms with E-state index in [1.807, 2.05) is 20.8 Å².